The van der Waals surface area contributed by atoms with Gasteiger partial charge < -0.3 is 0 Å². The Morgan fingerprint density at radius 2 is 0.615 bits per heavy atom. The molecule has 2 heteroatoms. The van der Waals surface area contributed by atoms with E-state index in [0.29, 0.717) is 0 Å². The number of aryl methyl sites for hydroxylation is 6. The molecule has 2 aliphatic rings. The molecule has 0 bridgehead atoms. The summed E-state index contributed by atoms with van der Waals surface area (Å²) in [5, 5.41) is 2.79. The van der Waals surface area contributed by atoms with Gasteiger partial charge in [0.15, 0.2) is 0 Å². The van der Waals surface area contributed by atoms with Crippen LogP contribution in [0.3, 0.4) is 0 Å². The van der Waals surface area contributed by atoms with Crippen LogP contribution in [0.1, 0.15) is 76.5 Å². The predicted molar refractivity (Wildman–Crippen MR) is 223 cm³/mol. The van der Waals surface area contributed by atoms with E-state index in [9.17, 15) is 0 Å². The molecule has 2 heterocycles. The fourth-order valence-electron chi connectivity index (χ4n) is 9.57. The van der Waals surface area contributed by atoms with Crippen LogP contribution in [0.4, 0.5) is 0 Å². The van der Waals surface area contributed by atoms with Crippen LogP contribution in [0.25, 0.3) is 31.7 Å². The zero-order valence-electron chi connectivity index (χ0n) is 30.5. The molecule has 2 aromatic heterocycles. The molecule has 0 spiro atoms. The molecule has 0 amide bonds. The molecular formula is C50H40S2. The second kappa shape index (κ2) is 11.2. The maximum atomic E-state index is 2.49. The lowest BCUT2D eigenvalue weighted by Crippen LogP contribution is -2.35. The number of hydrogen-bond donors (Lipinski definition) is 0. The van der Waals surface area contributed by atoms with E-state index in [1.54, 1.807) is 0 Å². The van der Waals surface area contributed by atoms with Crippen LogP contribution in [0.5, 0.6) is 0 Å². The predicted octanol–water partition coefficient (Wildman–Crippen LogP) is 13.5. The van der Waals surface area contributed by atoms with Crippen molar-refractivity contribution in [3.63, 3.8) is 0 Å². The molecule has 8 aromatic rings. The summed E-state index contributed by atoms with van der Waals surface area (Å²) >= 11 is 3.90. The average Bonchev–Trinajstić information content (AvgIpc) is 3.74. The van der Waals surface area contributed by atoms with Crippen molar-refractivity contribution in [1.82, 2.24) is 0 Å². The standard InChI is InChI=1S/C50H40S2/c1-29-7-15-35(16-8-29)49(36-17-9-30(2)10-18-36)41-25-23-40-46-42(26-24-39(45(41)46)47-43(49)27-33(5)51-47)50(37-19-11-31(3)12-20-37,38-21-13-32(4)14-22-38)44-28-34(6)52-48(40)44/h7-28H,1-6H3. The van der Waals surface area contributed by atoms with Gasteiger partial charge in [-0.1, -0.05) is 144 Å². The van der Waals surface area contributed by atoms with Crippen molar-refractivity contribution in [2.75, 3.05) is 0 Å². The molecule has 0 fully saturated rings. The number of thiophene rings is 2. The van der Waals surface area contributed by atoms with Gasteiger partial charge >= 0.3 is 0 Å². The normalized spacial score (nSPS) is 14.7. The first-order valence-electron chi connectivity index (χ1n) is 18.3. The minimum absolute atomic E-state index is 0.479. The summed E-state index contributed by atoms with van der Waals surface area (Å²) in [6.07, 6.45) is 0. The Balaban J connectivity index is 1.43. The highest BCUT2D eigenvalue weighted by Gasteiger charge is 2.50. The summed E-state index contributed by atoms with van der Waals surface area (Å²) in [5.74, 6) is 0. The summed E-state index contributed by atoms with van der Waals surface area (Å²) in [7, 11) is 0. The van der Waals surface area contributed by atoms with Crippen LogP contribution < -0.4 is 0 Å². The fraction of sp³-hybridized carbons (Fsp3) is 0.160. The fourth-order valence-corrected chi connectivity index (χ4v) is 11.8. The van der Waals surface area contributed by atoms with Gasteiger partial charge in [-0.2, -0.15) is 0 Å². The molecule has 0 N–H and O–H groups in total. The summed E-state index contributed by atoms with van der Waals surface area (Å²) < 4.78 is 0. The second-order valence-electron chi connectivity index (χ2n) is 15.2. The van der Waals surface area contributed by atoms with Gasteiger partial charge in [0.05, 0.1) is 10.8 Å². The Bertz CT molecular complexity index is 2420. The maximum Gasteiger partial charge on any atom is 0.0722 e. The van der Waals surface area contributed by atoms with Crippen LogP contribution in [0.15, 0.2) is 133 Å². The zero-order chi connectivity index (χ0) is 35.5. The van der Waals surface area contributed by atoms with E-state index in [0.717, 1.165) is 0 Å². The van der Waals surface area contributed by atoms with E-state index in [-0.39, 0.29) is 0 Å². The number of fused-ring (bicyclic) bond motifs is 4. The van der Waals surface area contributed by atoms with Gasteiger partial charge in [0, 0.05) is 30.6 Å². The Morgan fingerprint density at radius 3 is 0.904 bits per heavy atom. The van der Waals surface area contributed by atoms with Crippen LogP contribution in [-0.2, 0) is 10.8 Å². The third kappa shape index (κ3) is 4.14. The van der Waals surface area contributed by atoms with E-state index in [4.69, 9.17) is 0 Å². The summed E-state index contributed by atoms with van der Waals surface area (Å²) in [4.78, 5) is 5.46. The highest BCUT2D eigenvalue weighted by Crippen LogP contribution is 2.63. The maximum absolute atomic E-state index is 2.49. The van der Waals surface area contributed by atoms with E-state index < -0.39 is 10.8 Å². The van der Waals surface area contributed by atoms with Crippen molar-refractivity contribution in [1.29, 1.82) is 0 Å². The second-order valence-corrected chi connectivity index (χ2v) is 17.7. The van der Waals surface area contributed by atoms with Crippen LogP contribution in [0.2, 0.25) is 0 Å². The Kier molecular flexibility index (Phi) is 6.85. The highest BCUT2D eigenvalue weighted by atomic mass is 32.1. The van der Waals surface area contributed by atoms with Crippen LogP contribution in [-0.4, -0.2) is 0 Å². The molecule has 252 valence electrons. The molecular weight excluding hydrogens is 665 g/mol. The zero-order valence-corrected chi connectivity index (χ0v) is 32.2. The van der Waals surface area contributed by atoms with Gasteiger partial charge in [-0.15, -0.1) is 22.7 Å². The van der Waals surface area contributed by atoms with Crippen molar-refractivity contribution >= 4 is 33.4 Å². The average molecular weight is 705 g/mol. The first-order chi connectivity index (χ1) is 25.2. The largest absolute Gasteiger partial charge is 0.140 e. The van der Waals surface area contributed by atoms with Crippen molar-refractivity contribution in [2.24, 2.45) is 0 Å². The van der Waals surface area contributed by atoms with E-state index in [1.165, 1.54) is 108 Å². The van der Waals surface area contributed by atoms with Crippen molar-refractivity contribution in [3.05, 3.63) is 210 Å². The van der Waals surface area contributed by atoms with Gasteiger partial charge in [0.25, 0.3) is 0 Å². The number of rotatable bonds is 4. The Morgan fingerprint density at radius 1 is 0.327 bits per heavy atom. The number of benzene rings is 6. The van der Waals surface area contributed by atoms with E-state index >= 15 is 0 Å². The molecule has 0 saturated carbocycles. The Labute approximate surface area is 315 Å². The highest BCUT2D eigenvalue weighted by molar-refractivity contribution is 7.16. The molecule has 0 radical (unpaired) electrons. The molecule has 6 aromatic carbocycles. The minimum atomic E-state index is -0.479. The lowest BCUT2D eigenvalue weighted by atomic mass is 9.57. The summed E-state index contributed by atoms with van der Waals surface area (Å²) in [6.45, 7) is 13.3. The van der Waals surface area contributed by atoms with Crippen molar-refractivity contribution in [3.8, 4) is 20.9 Å². The third-order valence-corrected chi connectivity index (χ3v) is 14.1. The third-order valence-electron chi connectivity index (χ3n) is 11.9. The van der Waals surface area contributed by atoms with Gasteiger partial charge in [0.1, 0.15) is 0 Å². The van der Waals surface area contributed by atoms with Gasteiger partial charge in [0.2, 0.25) is 0 Å². The first kappa shape index (κ1) is 31.7. The monoisotopic (exact) mass is 704 g/mol. The molecule has 10 rings (SSSR count). The summed E-state index contributed by atoms with van der Waals surface area (Å²) in [6, 6.07) is 52.3. The van der Waals surface area contributed by atoms with Gasteiger partial charge in [-0.3, -0.25) is 0 Å². The lowest BCUT2D eigenvalue weighted by Gasteiger charge is -2.44. The molecule has 0 atom stereocenters. The van der Waals surface area contributed by atoms with E-state index in [1.807, 2.05) is 22.7 Å². The molecule has 0 saturated heterocycles. The van der Waals surface area contributed by atoms with Crippen LogP contribution >= 0.6 is 22.7 Å². The molecule has 2 aliphatic carbocycles. The quantitative estimate of drug-likeness (QED) is 0.171. The topological polar surface area (TPSA) is 0 Å². The van der Waals surface area contributed by atoms with E-state index in [2.05, 4.69) is 175 Å². The lowest BCUT2D eigenvalue weighted by molar-refractivity contribution is 0.743. The molecule has 0 nitrogen and oxygen atoms in total. The summed E-state index contributed by atoms with van der Waals surface area (Å²) in [5.41, 5.74) is 17.7. The van der Waals surface area contributed by atoms with Gasteiger partial charge in [-0.05, 0) is 109 Å². The van der Waals surface area contributed by atoms with Crippen molar-refractivity contribution < 1.29 is 0 Å². The molecule has 0 unspecified atom stereocenters. The smallest absolute Gasteiger partial charge is 0.0722 e. The molecule has 52 heavy (non-hydrogen) atoms. The first-order valence-corrected chi connectivity index (χ1v) is 20.0. The van der Waals surface area contributed by atoms with Gasteiger partial charge in [-0.25, -0.2) is 0 Å². The SMILES string of the molecule is Cc1ccc(C2(c3ccc(C)cc3)c3cc(C)sc3-c3ccc4c5c(ccc2c35)-c2sc(C)cc2C4(c2ccc(C)cc2)c2ccc(C)cc2)cc1. The van der Waals surface area contributed by atoms with Crippen LogP contribution in [0, 0.1) is 41.5 Å². The minimum Gasteiger partial charge on any atom is -0.140 e. The molecule has 0 aliphatic heterocycles. The van der Waals surface area contributed by atoms with Crippen molar-refractivity contribution in [2.45, 2.75) is 52.4 Å². The number of hydrogen-bond acceptors (Lipinski definition) is 2. The Hall–Kier alpha value is -5.02.